The minimum absolute atomic E-state index is 0.101. The van der Waals surface area contributed by atoms with Gasteiger partial charge in [0.05, 0.1) is 6.04 Å². The fourth-order valence-electron chi connectivity index (χ4n) is 2.08. The normalized spacial score (nSPS) is 23.7. The summed E-state index contributed by atoms with van der Waals surface area (Å²) in [5.41, 5.74) is 0. The van der Waals surface area contributed by atoms with E-state index in [1.165, 1.54) is 6.42 Å². The summed E-state index contributed by atoms with van der Waals surface area (Å²) in [5.74, 6) is 0.284. The van der Waals surface area contributed by atoms with Gasteiger partial charge < -0.3 is 0 Å². The Morgan fingerprint density at radius 1 is 1.13 bits per heavy atom. The van der Waals surface area contributed by atoms with E-state index in [-0.39, 0.29) is 11.8 Å². The number of Topliss-reactive ketones (excluding diaryl/α,β-unsaturated/α-hetero) is 1. The lowest BCUT2D eigenvalue weighted by atomic mass is 10.1. The maximum absolute atomic E-state index is 11.3. The van der Waals surface area contributed by atoms with E-state index in [1.54, 1.807) is 6.92 Å². The predicted octanol–water partition coefficient (Wildman–Crippen LogP) is 1.38. The summed E-state index contributed by atoms with van der Waals surface area (Å²) in [6.45, 7) is 12.5. The molecule has 1 rings (SSSR count). The quantitative estimate of drug-likeness (QED) is 0.703. The van der Waals surface area contributed by atoms with E-state index in [4.69, 9.17) is 0 Å². The van der Waals surface area contributed by atoms with Crippen molar-refractivity contribution in [3.05, 3.63) is 0 Å². The third-order valence-electron chi connectivity index (χ3n) is 3.70. The molecule has 0 aromatic carbocycles. The zero-order chi connectivity index (χ0) is 11.4. The van der Waals surface area contributed by atoms with Gasteiger partial charge in [0.25, 0.3) is 0 Å². The van der Waals surface area contributed by atoms with Gasteiger partial charge in [-0.2, -0.15) is 0 Å². The first-order valence-electron chi connectivity index (χ1n) is 6.04. The molecule has 1 aliphatic heterocycles. The molecule has 0 saturated carbocycles. The summed E-state index contributed by atoms with van der Waals surface area (Å²) in [4.78, 5) is 16.1. The molecule has 1 aliphatic rings. The molecular weight excluding hydrogens is 188 g/mol. The Morgan fingerprint density at radius 3 is 2.00 bits per heavy atom. The van der Waals surface area contributed by atoms with Gasteiger partial charge in [-0.25, -0.2) is 0 Å². The van der Waals surface area contributed by atoms with Crippen LogP contribution in [0.5, 0.6) is 0 Å². The predicted molar refractivity (Wildman–Crippen MR) is 63.0 cm³/mol. The topological polar surface area (TPSA) is 23.6 Å². The highest BCUT2D eigenvalue weighted by Crippen LogP contribution is 2.11. The van der Waals surface area contributed by atoms with Crippen molar-refractivity contribution in [1.29, 1.82) is 0 Å². The highest BCUT2D eigenvalue weighted by molar-refractivity contribution is 5.80. The third-order valence-corrected chi connectivity index (χ3v) is 3.70. The number of piperazine rings is 1. The summed E-state index contributed by atoms with van der Waals surface area (Å²) in [7, 11) is 0. The van der Waals surface area contributed by atoms with Gasteiger partial charge in [-0.3, -0.25) is 14.6 Å². The lowest BCUT2D eigenvalue weighted by molar-refractivity contribution is -0.122. The van der Waals surface area contributed by atoms with Crippen LogP contribution in [-0.4, -0.2) is 53.8 Å². The Balaban J connectivity index is 2.38. The first kappa shape index (κ1) is 12.7. The highest BCUT2D eigenvalue weighted by Gasteiger charge is 2.24. The smallest absolute Gasteiger partial charge is 0.146 e. The van der Waals surface area contributed by atoms with E-state index < -0.39 is 0 Å². The van der Waals surface area contributed by atoms with E-state index >= 15 is 0 Å². The van der Waals surface area contributed by atoms with E-state index in [1.807, 2.05) is 6.92 Å². The van der Waals surface area contributed by atoms with Crippen LogP contribution in [-0.2, 0) is 4.79 Å². The van der Waals surface area contributed by atoms with Crippen LogP contribution < -0.4 is 0 Å². The summed E-state index contributed by atoms with van der Waals surface area (Å²) in [6.07, 6.45) is 1.21. The first-order valence-corrected chi connectivity index (χ1v) is 6.04. The number of hydrogen-bond donors (Lipinski definition) is 0. The van der Waals surface area contributed by atoms with Gasteiger partial charge in [-0.15, -0.1) is 0 Å². The van der Waals surface area contributed by atoms with E-state index in [2.05, 4.69) is 23.6 Å². The second kappa shape index (κ2) is 5.61. The molecule has 1 saturated heterocycles. The molecule has 1 fully saturated rings. The second-order valence-electron chi connectivity index (χ2n) is 4.62. The van der Waals surface area contributed by atoms with Gasteiger partial charge in [0, 0.05) is 32.2 Å². The molecule has 3 nitrogen and oxygen atoms in total. The van der Waals surface area contributed by atoms with Crippen molar-refractivity contribution in [3.63, 3.8) is 0 Å². The first-order chi connectivity index (χ1) is 7.06. The van der Waals surface area contributed by atoms with Crippen molar-refractivity contribution in [2.24, 2.45) is 0 Å². The van der Waals surface area contributed by atoms with Crippen LogP contribution in [0.2, 0.25) is 0 Å². The molecule has 0 aromatic heterocycles. The molecule has 3 heteroatoms. The van der Waals surface area contributed by atoms with E-state index in [9.17, 15) is 4.79 Å². The van der Waals surface area contributed by atoms with Crippen molar-refractivity contribution < 1.29 is 4.79 Å². The molecule has 0 amide bonds. The van der Waals surface area contributed by atoms with Crippen molar-refractivity contribution in [2.45, 2.75) is 46.2 Å². The highest BCUT2D eigenvalue weighted by atomic mass is 16.1. The molecule has 0 radical (unpaired) electrons. The van der Waals surface area contributed by atoms with Crippen molar-refractivity contribution in [3.8, 4) is 0 Å². The Kier molecular flexibility index (Phi) is 4.74. The Bertz CT molecular complexity index is 210. The fourth-order valence-corrected chi connectivity index (χ4v) is 2.08. The Hall–Kier alpha value is -0.410. The second-order valence-corrected chi connectivity index (χ2v) is 4.62. The number of rotatable bonds is 4. The van der Waals surface area contributed by atoms with Crippen LogP contribution in [0.3, 0.4) is 0 Å². The van der Waals surface area contributed by atoms with Gasteiger partial charge in [-0.05, 0) is 27.2 Å². The van der Waals surface area contributed by atoms with Crippen molar-refractivity contribution >= 4 is 5.78 Å². The third kappa shape index (κ3) is 3.28. The lowest BCUT2D eigenvalue weighted by Gasteiger charge is -2.39. The molecule has 0 N–H and O–H groups in total. The summed E-state index contributed by atoms with van der Waals surface area (Å²) in [5, 5.41) is 0. The molecule has 88 valence electrons. The monoisotopic (exact) mass is 212 g/mol. The van der Waals surface area contributed by atoms with Crippen LogP contribution in [0.1, 0.15) is 34.1 Å². The average molecular weight is 212 g/mol. The largest absolute Gasteiger partial charge is 0.298 e. The van der Waals surface area contributed by atoms with Gasteiger partial charge in [0.1, 0.15) is 5.78 Å². The SMILES string of the molecule is CCC(C)N1CCN(C(C)C(C)=O)CC1. The minimum Gasteiger partial charge on any atom is -0.298 e. The number of nitrogens with zero attached hydrogens (tertiary/aromatic N) is 2. The van der Waals surface area contributed by atoms with E-state index in [0.29, 0.717) is 6.04 Å². The van der Waals surface area contributed by atoms with Gasteiger partial charge in [-0.1, -0.05) is 6.92 Å². The average Bonchev–Trinajstić information content (AvgIpc) is 2.27. The van der Waals surface area contributed by atoms with Crippen molar-refractivity contribution in [1.82, 2.24) is 9.80 Å². The zero-order valence-corrected chi connectivity index (χ0v) is 10.5. The molecule has 0 spiro atoms. The number of carbonyl (C=O) groups excluding carboxylic acids is 1. The molecule has 0 bridgehead atoms. The van der Waals surface area contributed by atoms with Gasteiger partial charge in [0.2, 0.25) is 0 Å². The lowest BCUT2D eigenvalue weighted by Crippen LogP contribution is -2.53. The molecular formula is C12H24N2O. The van der Waals surface area contributed by atoms with Crippen molar-refractivity contribution in [2.75, 3.05) is 26.2 Å². The van der Waals surface area contributed by atoms with Crippen LogP contribution in [0.4, 0.5) is 0 Å². The summed E-state index contributed by atoms with van der Waals surface area (Å²) in [6, 6.07) is 0.781. The minimum atomic E-state index is 0.101. The number of carbonyl (C=O) groups is 1. The molecule has 15 heavy (non-hydrogen) atoms. The molecule has 1 heterocycles. The van der Waals surface area contributed by atoms with Crippen LogP contribution in [0.15, 0.2) is 0 Å². The zero-order valence-electron chi connectivity index (χ0n) is 10.5. The number of hydrogen-bond acceptors (Lipinski definition) is 3. The van der Waals surface area contributed by atoms with Gasteiger partial charge >= 0.3 is 0 Å². The molecule has 2 atom stereocenters. The molecule has 0 aromatic rings. The van der Waals surface area contributed by atoms with Crippen LogP contribution >= 0.6 is 0 Å². The fraction of sp³-hybridized carbons (Fsp3) is 0.917. The maximum Gasteiger partial charge on any atom is 0.146 e. The standard InChI is InChI=1S/C12H24N2O/c1-5-10(2)13-6-8-14(9-7-13)11(3)12(4)15/h10-11H,5-9H2,1-4H3. The van der Waals surface area contributed by atoms with Gasteiger partial charge in [0.15, 0.2) is 0 Å². The molecule has 2 unspecified atom stereocenters. The number of ketones is 1. The van der Waals surface area contributed by atoms with Crippen LogP contribution in [0, 0.1) is 0 Å². The summed E-state index contributed by atoms with van der Waals surface area (Å²) >= 11 is 0. The van der Waals surface area contributed by atoms with E-state index in [0.717, 1.165) is 26.2 Å². The summed E-state index contributed by atoms with van der Waals surface area (Å²) < 4.78 is 0. The Labute approximate surface area is 93.4 Å². The Morgan fingerprint density at radius 2 is 1.60 bits per heavy atom. The maximum atomic E-state index is 11.3. The van der Waals surface area contributed by atoms with Crippen LogP contribution in [0.25, 0.3) is 0 Å². The molecule has 0 aliphatic carbocycles.